The molecule has 0 spiro atoms. The van der Waals surface area contributed by atoms with Gasteiger partial charge < -0.3 is 0 Å². The average molecular weight is 271 g/mol. The molecule has 1 N–H and O–H groups in total. The number of hydrogen-bond donors (Lipinski definition) is 1. The minimum absolute atomic E-state index is 0.356. The molecule has 0 saturated heterocycles. The molecule has 0 unspecified atom stereocenters. The summed E-state index contributed by atoms with van der Waals surface area (Å²) in [6.07, 6.45) is 1.14. The van der Waals surface area contributed by atoms with Crippen LogP contribution in [0.2, 0.25) is 0 Å². The zero-order valence-corrected chi connectivity index (χ0v) is 10.5. The van der Waals surface area contributed by atoms with Crippen molar-refractivity contribution in [2.45, 2.75) is 13.3 Å². The van der Waals surface area contributed by atoms with E-state index in [2.05, 4.69) is 34.4 Å². The van der Waals surface area contributed by atoms with Crippen molar-refractivity contribution >= 4 is 42.7 Å². The molecule has 0 saturated carbocycles. The van der Waals surface area contributed by atoms with Crippen molar-refractivity contribution < 1.29 is 0 Å². The molecule has 1 aromatic carbocycles. The molecule has 1 aliphatic rings. The number of anilines is 1. The molecule has 1 heterocycles. The minimum atomic E-state index is 0.356. The fraction of sp³-hybridized carbons (Fsp3) is 0.300. The van der Waals surface area contributed by atoms with Crippen LogP contribution in [0.15, 0.2) is 24.3 Å². The van der Waals surface area contributed by atoms with Gasteiger partial charge in [0, 0.05) is 0 Å². The number of nitrogens with one attached hydrogen (secondary N) is 1. The van der Waals surface area contributed by atoms with Crippen LogP contribution in [0.3, 0.4) is 0 Å². The summed E-state index contributed by atoms with van der Waals surface area (Å²) in [7, 11) is 0. The van der Waals surface area contributed by atoms with Crippen LogP contribution in [-0.4, -0.2) is 30.7 Å². The predicted molar refractivity (Wildman–Crippen MR) is 65.0 cm³/mol. The number of thiocarbonyl (C=S) groups is 1. The second-order valence-corrected chi connectivity index (χ2v) is 5.74. The first-order valence-electron chi connectivity index (χ1n) is 4.67. The molecule has 2 nitrogen and oxygen atoms in total. The van der Waals surface area contributed by atoms with Gasteiger partial charge in [0.15, 0.2) is 0 Å². The second kappa shape index (κ2) is 4.30. The van der Waals surface area contributed by atoms with E-state index < -0.39 is 0 Å². The van der Waals surface area contributed by atoms with E-state index >= 15 is 0 Å². The van der Waals surface area contributed by atoms with Gasteiger partial charge in [0.25, 0.3) is 0 Å². The summed E-state index contributed by atoms with van der Waals surface area (Å²) in [5, 5.41) is 4.15. The van der Waals surface area contributed by atoms with E-state index in [1.54, 1.807) is 0 Å². The Labute approximate surface area is 96.0 Å². The first-order valence-corrected chi connectivity index (χ1v) is 6.70. The SMILES string of the molecule is CCCN1[Se]c2ccccc2NC1=S. The summed E-state index contributed by atoms with van der Waals surface area (Å²) in [5.74, 6) is 0. The van der Waals surface area contributed by atoms with E-state index in [0.717, 1.165) is 18.1 Å². The molecule has 0 fully saturated rings. The Kier molecular flexibility index (Phi) is 3.06. The van der Waals surface area contributed by atoms with E-state index in [9.17, 15) is 0 Å². The fourth-order valence-corrected chi connectivity index (χ4v) is 3.82. The molecule has 14 heavy (non-hydrogen) atoms. The van der Waals surface area contributed by atoms with Crippen molar-refractivity contribution in [3.63, 3.8) is 0 Å². The monoisotopic (exact) mass is 272 g/mol. The Morgan fingerprint density at radius 3 is 3.00 bits per heavy atom. The quantitative estimate of drug-likeness (QED) is 0.646. The molecular weight excluding hydrogens is 259 g/mol. The first kappa shape index (κ1) is 9.96. The maximum absolute atomic E-state index is 5.30. The fourth-order valence-electron chi connectivity index (χ4n) is 1.34. The molecule has 0 radical (unpaired) electrons. The van der Waals surface area contributed by atoms with Gasteiger partial charge in [0.1, 0.15) is 0 Å². The molecule has 4 heteroatoms. The van der Waals surface area contributed by atoms with Gasteiger partial charge in [0.2, 0.25) is 0 Å². The predicted octanol–water partition coefficient (Wildman–Crippen LogP) is 1.35. The third-order valence-electron chi connectivity index (χ3n) is 1.99. The van der Waals surface area contributed by atoms with Crippen molar-refractivity contribution in [1.82, 2.24) is 3.92 Å². The van der Waals surface area contributed by atoms with Crippen LogP contribution in [0.4, 0.5) is 5.69 Å². The van der Waals surface area contributed by atoms with Crippen LogP contribution >= 0.6 is 12.2 Å². The Balaban J connectivity index is 2.22. The van der Waals surface area contributed by atoms with Gasteiger partial charge in [-0.25, -0.2) is 0 Å². The topological polar surface area (TPSA) is 15.3 Å². The number of rotatable bonds is 2. The van der Waals surface area contributed by atoms with Crippen LogP contribution in [0.25, 0.3) is 0 Å². The molecule has 2 rings (SSSR count). The molecule has 0 atom stereocenters. The second-order valence-electron chi connectivity index (χ2n) is 3.12. The third-order valence-corrected chi connectivity index (χ3v) is 4.96. The summed E-state index contributed by atoms with van der Waals surface area (Å²) in [5.41, 5.74) is 1.19. The van der Waals surface area contributed by atoms with Gasteiger partial charge in [-0.05, 0) is 0 Å². The molecule has 74 valence electrons. The van der Waals surface area contributed by atoms with Crippen molar-refractivity contribution in [3.8, 4) is 0 Å². The van der Waals surface area contributed by atoms with Gasteiger partial charge in [-0.1, -0.05) is 0 Å². The van der Waals surface area contributed by atoms with Crippen LogP contribution < -0.4 is 9.78 Å². The third kappa shape index (κ3) is 1.92. The van der Waals surface area contributed by atoms with Gasteiger partial charge in [-0.3, -0.25) is 0 Å². The Bertz CT molecular complexity index is 354. The number of fused-ring (bicyclic) bond motifs is 1. The van der Waals surface area contributed by atoms with E-state index in [1.165, 1.54) is 10.1 Å². The number of nitrogens with zero attached hydrogens (tertiary/aromatic N) is 1. The summed E-state index contributed by atoms with van der Waals surface area (Å²) in [6.45, 7) is 3.24. The van der Waals surface area contributed by atoms with Crippen molar-refractivity contribution in [2.24, 2.45) is 0 Å². The normalized spacial score (nSPS) is 14.9. The number of hydrogen-bond acceptors (Lipinski definition) is 1. The van der Waals surface area contributed by atoms with Gasteiger partial charge in [-0.2, -0.15) is 0 Å². The van der Waals surface area contributed by atoms with E-state index in [0.29, 0.717) is 15.2 Å². The Morgan fingerprint density at radius 2 is 2.21 bits per heavy atom. The average Bonchev–Trinajstić information content (AvgIpc) is 2.19. The molecule has 0 bridgehead atoms. The van der Waals surface area contributed by atoms with E-state index in [4.69, 9.17) is 12.2 Å². The standard InChI is InChI=1S/C10H12N2SSe/c1-2-7-12-10(13)11-8-5-3-4-6-9(8)14-12/h3-6H,2,7H2,1H3,(H,11,13). The van der Waals surface area contributed by atoms with Crippen molar-refractivity contribution in [2.75, 3.05) is 11.9 Å². The van der Waals surface area contributed by atoms with Crippen LogP contribution in [0.5, 0.6) is 0 Å². The zero-order chi connectivity index (χ0) is 9.97. The van der Waals surface area contributed by atoms with Crippen LogP contribution in [-0.2, 0) is 0 Å². The van der Waals surface area contributed by atoms with Crippen LogP contribution in [0, 0.1) is 0 Å². The molecule has 1 aliphatic heterocycles. The number of benzene rings is 1. The molecule has 0 amide bonds. The Hall–Kier alpha value is -0.571. The van der Waals surface area contributed by atoms with Crippen molar-refractivity contribution in [1.29, 1.82) is 0 Å². The summed E-state index contributed by atoms with van der Waals surface area (Å²) < 4.78 is 3.66. The molecule has 1 aromatic rings. The Morgan fingerprint density at radius 1 is 1.43 bits per heavy atom. The van der Waals surface area contributed by atoms with E-state index in [1.807, 2.05) is 6.07 Å². The molecule has 0 aliphatic carbocycles. The summed E-state index contributed by atoms with van der Waals surface area (Å²) in [4.78, 5) is 0. The van der Waals surface area contributed by atoms with E-state index in [-0.39, 0.29) is 0 Å². The van der Waals surface area contributed by atoms with Gasteiger partial charge in [-0.15, -0.1) is 0 Å². The molecule has 0 aromatic heterocycles. The van der Waals surface area contributed by atoms with Gasteiger partial charge in [0.05, 0.1) is 0 Å². The maximum atomic E-state index is 5.30. The first-order chi connectivity index (χ1) is 6.81. The summed E-state index contributed by atoms with van der Waals surface area (Å²) in [6, 6.07) is 8.39. The number of para-hydroxylation sites is 1. The summed E-state index contributed by atoms with van der Waals surface area (Å²) >= 11 is 5.66. The zero-order valence-electron chi connectivity index (χ0n) is 7.99. The molecular formula is C10H12N2SSe. The van der Waals surface area contributed by atoms with Crippen LogP contribution in [0.1, 0.15) is 13.3 Å². The van der Waals surface area contributed by atoms with Gasteiger partial charge >= 0.3 is 96.0 Å². The van der Waals surface area contributed by atoms with Crippen molar-refractivity contribution in [3.05, 3.63) is 24.3 Å².